The van der Waals surface area contributed by atoms with E-state index in [0.29, 0.717) is 13.2 Å². The van der Waals surface area contributed by atoms with E-state index in [0.717, 1.165) is 30.6 Å². The minimum absolute atomic E-state index is 0.0271. The van der Waals surface area contributed by atoms with Crippen molar-refractivity contribution in [3.05, 3.63) is 29.8 Å². The summed E-state index contributed by atoms with van der Waals surface area (Å²) in [6, 6.07) is 7.23. The lowest BCUT2D eigenvalue weighted by molar-refractivity contribution is -0.141. The van der Waals surface area contributed by atoms with Crippen LogP contribution in [0.3, 0.4) is 0 Å². The molecule has 0 aliphatic carbocycles. The number of hydrogen-bond donors (Lipinski definition) is 2. The smallest absolute Gasteiger partial charge is 0.320 e. The molecule has 1 amide bonds. The average molecular weight is 362 g/mol. The Morgan fingerprint density at radius 2 is 2.00 bits per heavy atom. The van der Waals surface area contributed by atoms with Gasteiger partial charge in [-0.05, 0) is 43.4 Å². The highest BCUT2D eigenvalue weighted by Gasteiger charge is 2.31. The standard InChI is InChI=1S/C20H30N2O4/c1-4-14(3)19(20(24)25)21-13-18(23)22-12-6-7-17(22)15-8-10-16(11-9-15)26-5-2/h8-11,14,17,19,21H,4-7,12-13H2,1-3H3,(H,24,25)/t14-,17?,19-/m0/s1. The lowest BCUT2D eigenvalue weighted by atomic mass is 9.99. The summed E-state index contributed by atoms with van der Waals surface area (Å²) in [5.74, 6) is -0.153. The maximum atomic E-state index is 12.7. The summed E-state index contributed by atoms with van der Waals surface area (Å²) < 4.78 is 5.47. The van der Waals surface area contributed by atoms with Crippen LogP contribution in [0.2, 0.25) is 0 Å². The van der Waals surface area contributed by atoms with Gasteiger partial charge in [0.15, 0.2) is 0 Å². The molecule has 0 radical (unpaired) electrons. The molecular weight excluding hydrogens is 332 g/mol. The van der Waals surface area contributed by atoms with Gasteiger partial charge in [-0.25, -0.2) is 0 Å². The fourth-order valence-electron chi connectivity index (χ4n) is 3.43. The summed E-state index contributed by atoms with van der Waals surface area (Å²) in [6.07, 6.45) is 2.63. The first-order valence-corrected chi connectivity index (χ1v) is 9.46. The quantitative estimate of drug-likeness (QED) is 0.706. The number of benzene rings is 1. The SMILES string of the molecule is CCOc1ccc(C2CCCN2C(=O)CN[C@H](C(=O)O)[C@@H](C)CC)cc1. The minimum Gasteiger partial charge on any atom is -0.494 e. The molecule has 0 spiro atoms. The molecular formula is C20H30N2O4. The summed E-state index contributed by atoms with van der Waals surface area (Å²) in [4.78, 5) is 25.9. The first-order chi connectivity index (χ1) is 12.5. The molecule has 0 aromatic heterocycles. The van der Waals surface area contributed by atoms with Crippen LogP contribution in [0, 0.1) is 5.92 Å². The summed E-state index contributed by atoms with van der Waals surface area (Å²) in [5, 5.41) is 12.3. The fourth-order valence-corrected chi connectivity index (χ4v) is 3.43. The molecule has 1 fully saturated rings. The minimum atomic E-state index is -0.906. The van der Waals surface area contributed by atoms with Gasteiger partial charge in [0, 0.05) is 6.54 Å². The number of ether oxygens (including phenoxy) is 1. The predicted molar refractivity (Wildman–Crippen MR) is 100 cm³/mol. The van der Waals surface area contributed by atoms with Gasteiger partial charge in [-0.15, -0.1) is 0 Å². The van der Waals surface area contributed by atoms with Crippen molar-refractivity contribution in [2.45, 2.75) is 52.1 Å². The second-order valence-corrected chi connectivity index (χ2v) is 6.83. The highest BCUT2D eigenvalue weighted by atomic mass is 16.5. The van der Waals surface area contributed by atoms with Crippen LogP contribution in [0.4, 0.5) is 0 Å². The molecule has 1 aliphatic heterocycles. The van der Waals surface area contributed by atoms with Gasteiger partial charge in [0.25, 0.3) is 0 Å². The second-order valence-electron chi connectivity index (χ2n) is 6.83. The van der Waals surface area contributed by atoms with Crippen LogP contribution in [0.15, 0.2) is 24.3 Å². The zero-order chi connectivity index (χ0) is 19.1. The van der Waals surface area contributed by atoms with Gasteiger partial charge in [-0.1, -0.05) is 32.4 Å². The lowest BCUT2D eigenvalue weighted by Crippen LogP contribution is -2.47. The van der Waals surface area contributed by atoms with Crippen LogP contribution in [0.25, 0.3) is 0 Å². The first kappa shape index (κ1) is 20.2. The van der Waals surface area contributed by atoms with E-state index in [9.17, 15) is 14.7 Å². The van der Waals surface area contributed by atoms with E-state index < -0.39 is 12.0 Å². The Kier molecular flexibility index (Phi) is 7.45. The van der Waals surface area contributed by atoms with Crippen LogP contribution < -0.4 is 10.1 Å². The van der Waals surface area contributed by atoms with Crippen LogP contribution >= 0.6 is 0 Å². The van der Waals surface area contributed by atoms with Gasteiger partial charge in [-0.3, -0.25) is 14.9 Å². The molecule has 1 unspecified atom stereocenters. The zero-order valence-electron chi connectivity index (χ0n) is 15.9. The van der Waals surface area contributed by atoms with Crippen molar-refractivity contribution in [3.8, 4) is 5.75 Å². The molecule has 6 nitrogen and oxygen atoms in total. The molecule has 26 heavy (non-hydrogen) atoms. The number of nitrogens with one attached hydrogen (secondary N) is 1. The van der Waals surface area contributed by atoms with Crippen molar-refractivity contribution in [2.24, 2.45) is 5.92 Å². The Morgan fingerprint density at radius 3 is 2.58 bits per heavy atom. The molecule has 1 saturated heterocycles. The molecule has 6 heteroatoms. The van der Waals surface area contributed by atoms with E-state index in [-0.39, 0.29) is 24.4 Å². The number of aliphatic carboxylic acids is 1. The Hall–Kier alpha value is -2.08. The van der Waals surface area contributed by atoms with Gasteiger partial charge >= 0.3 is 5.97 Å². The van der Waals surface area contributed by atoms with Gasteiger partial charge in [0.1, 0.15) is 11.8 Å². The Bertz CT molecular complexity index is 602. The average Bonchev–Trinajstić information content (AvgIpc) is 3.12. The summed E-state index contributed by atoms with van der Waals surface area (Å²) in [7, 11) is 0. The van der Waals surface area contributed by atoms with E-state index in [1.165, 1.54) is 0 Å². The topological polar surface area (TPSA) is 78.9 Å². The highest BCUT2D eigenvalue weighted by molar-refractivity contribution is 5.80. The van der Waals surface area contributed by atoms with Crippen molar-refractivity contribution in [3.63, 3.8) is 0 Å². The number of carboxylic acids is 1. The third-order valence-electron chi connectivity index (χ3n) is 5.10. The van der Waals surface area contributed by atoms with Crippen LogP contribution in [-0.2, 0) is 9.59 Å². The highest BCUT2D eigenvalue weighted by Crippen LogP contribution is 2.32. The van der Waals surface area contributed by atoms with Gasteiger partial charge in [-0.2, -0.15) is 0 Å². The number of rotatable bonds is 9. The Labute approximate surface area is 155 Å². The van der Waals surface area contributed by atoms with Gasteiger partial charge in [0.2, 0.25) is 5.91 Å². The molecule has 2 rings (SSSR count). The summed E-state index contributed by atoms with van der Waals surface area (Å²) >= 11 is 0. The van der Waals surface area contributed by atoms with Crippen molar-refractivity contribution in [1.82, 2.24) is 10.2 Å². The third-order valence-corrected chi connectivity index (χ3v) is 5.10. The second kappa shape index (κ2) is 9.57. The molecule has 144 valence electrons. The number of likely N-dealkylation sites (tertiary alicyclic amines) is 1. The number of carbonyl (C=O) groups excluding carboxylic acids is 1. The van der Waals surface area contributed by atoms with E-state index in [1.807, 2.05) is 49.9 Å². The summed E-state index contributed by atoms with van der Waals surface area (Å²) in [6.45, 7) is 7.16. The molecule has 1 aromatic rings. The number of nitrogens with zero attached hydrogens (tertiary/aromatic N) is 1. The fraction of sp³-hybridized carbons (Fsp3) is 0.600. The van der Waals surface area contributed by atoms with E-state index in [4.69, 9.17) is 4.74 Å². The molecule has 2 N–H and O–H groups in total. The van der Waals surface area contributed by atoms with E-state index in [2.05, 4.69) is 5.32 Å². The van der Waals surface area contributed by atoms with E-state index in [1.54, 1.807) is 0 Å². The zero-order valence-corrected chi connectivity index (χ0v) is 15.9. The maximum Gasteiger partial charge on any atom is 0.320 e. The van der Waals surface area contributed by atoms with Gasteiger partial charge < -0.3 is 14.7 Å². The monoisotopic (exact) mass is 362 g/mol. The third kappa shape index (κ3) is 4.97. The number of amides is 1. The molecule has 0 saturated carbocycles. The number of carbonyl (C=O) groups is 2. The Morgan fingerprint density at radius 1 is 1.31 bits per heavy atom. The van der Waals surface area contributed by atoms with Crippen LogP contribution in [-0.4, -0.2) is 47.6 Å². The maximum absolute atomic E-state index is 12.7. The van der Waals surface area contributed by atoms with Crippen molar-refractivity contribution in [2.75, 3.05) is 19.7 Å². The number of hydrogen-bond acceptors (Lipinski definition) is 4. The molecule has 1 aliphatic rings. The largest absolute Gasteiger partial charge is 0.494 e. The number of carboxylic acid groups (broad SMARTS) is 1. The lowest BCUT2D eigenvalue weighted by Gasteiger charge is -2.27. The molecule has 3 atom stereocenters. The van der Waals surface area contributed by atoms with E-state index >= 15 is 0 Å². The normalized spacial score (nSPS) is 19.2. The molecule has 1 aromatic carbocycles. The van der Waals surface area contributed by atoms with Crippen LogP contribution in [0.5, 0.6) is 5.75 Å². The van der Waals surface area contributed by atoms with Gasteiger partial charge in [0.05, 0.1) is 19.2 Å². The first-order valence-electron chi connectivity index (χ1n) is 9.46. The van der Waals surface area contributed by atoms with Crippen LogP contribution in [0.1, 0.15) is 51.6 Å². The Balaban J connectivity index is 2.00. The predicted octanol–water partition coefficient (Wildman–Crippen LogP) is 2.84. The summed E-state index contributed by atoms with van der Waals surface area (Å²) in [5.41, 5.74) is 1.09. The van der Waals surface area contributed by atoms with Crippen molar-refractivity contribution >= 4 is 11.9 Å². The van der Waals surface area contributed by atoms with Crippen molar-refractivity contribution in [1.29, 1.82) is 0 Å². The molecule has 0 bridgehead atoms. The molecule has 1 heterocycles. The van der Waals surface area contributed by atoms with Crippen molar-refractivity contribution < 1.29 is 19.4 Å².